The SMILES string of the molecule is C#CCC1(c2ccc(F)cc2)C=CC=CC1NC(=O)c1cn(COC)cc1C(F)(F)F. The van der Waals surface area contributed by atoms with Crippen LogP contribution in [0, 0.1) is 18.2 Å². The van der Waals surface area contributed by atoms with Crippen LogP contribution in [0.3, 0.4) is 0 Å². The first-order valence-corrected chi connectivity index (χ1v) is 9.33. The maximum Gasteiger partial charge on any atom is 0.418 e. The molecular formula is C23H20F4N2O2. The Hall–Kier alpha value is -3.31. The second-order valence-corrected chi connectivity index (χ2v) is 7.14. The molecule has 31 heavy (non-hydrogen) atoms. The summed E-state index contributed by atoms with van der Waals surface area (Å²) in [6.45, 7) is -0.140. The summed E-state index contributed by atoms with van der Waals surface area (Å²) in [5.41, 5.74) is -1.91. The highest BCUT2D eigenvalue weighted by Crippen LogP contribution is 2.37. The lowest BCUT2D eigenvalue weighted by Gasteiger charge is -2.38. The minimum absolute atomic E-state index is 0.140. The Morgan fingerprint density at radius 2 is 1.97 bits per heavy atom. The Bertz CT molecular complexity index is 1050. The predicted octanol–water partition coefficient (Wildman–Crippen LogP) is 4.44. The Labute approximate surface area is 177 Å². The van der Waals surface area contributed by atoms with Gasteiger partial charge in [0.25, 0.3) is 5.91 Å². The standard InChI is InChI=1S/C23H20F4N2O2/c1-3-11-22(16-7-9-17(24)10-8-16)12-5-4-6-20(22)28-21(30)18-13-29(15-31-2)14-19(18)23(25,26)27/h1,4-10,12-14,20H,11,15H2,2H3,(H,28,30). The van der Waals surface area contributed by atoms with Gasteiger partial charge < -0.3 is 14.6 Å². The number of terminal acetylenes is 1. The van der Waals surface area contributed by atoms with E-state index in [1.165, 1.54) is 19.2 Å². The molecule has 162 valence electrons. The number of allylic oxidation sites excluding steroid dienone is 2. The molecule has 0 spiro atoms. The Kier molecular flexibility index (Phi) is 6.37. The van der Waals surface area contributed by atoms with E-state index in [0.717, 1.165) is 17.0 Å². The van der Waals surface area contributed by atoms with Gasteiger partial charge in [0.05, 0.1) is 17.2 Å². The van der Waals surface area contributed by atoms with Crippen LogP contribution in [0.25, 0.3) is 0 Å². The number of carbonyl (C=O) groups excluding carboxylic acids is 1. The second-order valence-electron chi connectivity index (χ2n) is 7.14. The number of rotatable bonds is 6. The zero-order chi connectivity index (χ0) is 22.6. The Balaban J connectivity index is 1.99. The highest BCUT2D eigenvalue weighted by Gasteiger charge is 2.41. The molecular weight excluding hydrogens is 412 g/mol. The Morgan fingerprint density at radius 3 is 2.58 bits per heavy atom. The van der Waals surface area contributed by atoms with Gasteiger partial charge in [0, 0.05) is 31.3 Å². The maximum atomic E-state index is 13.5. The molecule has 1 N–H and O–H groups in total. The van der Waals surface area contributed by atoms with Crippen molar-refractivity contribution in [3.63, 3.8) is 0 Å². The molecule has 1 aromatic heterocycles. The molecule has 0 saturated heterocycles. The zero-order valence-corrected chi connectivity index (χ0v) is 16.6. The van der Waals surface area contributed by atoms with Gasteiger partial charge in [-0.2, -0.15) is 13.2 Å². The van der Waals surface area contributed by atoms with Crippen LogP contribution >= 0.6 is 0 Å². The minimum Gasteiger partial charge on any atom is -0.364 e. The molecule has 1 aromatic carbocycles. The summed E-state index contributed by atoms with van der Waals surface area (Å²) in [7, 11) is 1.34. The van der Waals surface area contributed by atoms with E-state index in [4.69, 9.17) is 11.2 Å². The third kappa shape index (κ3) is 4.57. The van der Waals surface area contributed by atoms with Crippen molar-refractivity contribution in [2.75, 3.05) is 7.11 Å². The fraction of sp³-hybridized carbons (Fsp3) is 0.261. The monoisotopic (exact) mass is 432 g/mol. The number of nitrogens with zero attached hydrogens (tertiary/aromatic N) is 1. The first-order chi connectivity index (χ1) is 14.7. The van der Waals surface area contributed by atoms with Crippen molar-refractivity contribution in [3.05, 3.63) is 83.5 Å². The molecule has 0 fully saturated rings. The number of aromatic nitrogens is 1. The number of benzene rings is 1. The van der Waals surface area contributed by atoms with Crippen LogP contribution in [-0.4, -0.2) is 23.6 Å². The number of carbonyl (C=O) groups is 1. The van der Waals surface area contributed by atoms with Crippen molar-refractivity contribution in [2.24, 2.45) is 0 Å². The average molecular weight is 432 g/mol. The van der Waals surface area contributed by atoms with E-state index in [0.29, 0.717) is 5.56 Å². The number of halogens is 4. The summed E-state index contributed by atoms with van der Waals surface area (Å²) in [6, 6.07) is 4.88. The number of amides is 1. The van der Waals surface area contributed by atoms with E-state index in [1.54, 1.807) is 36.4 Å². The lowest BCUT2D eigenvalue weighted by Crippen LogP contribution is -2.49. The number of alkyl halides is 3. The van der Waals surface area contributed by atoms with Gasteiger partial charge in [0.1, 0.15) is 12.5 Å². The lowest BCUT2D eigenvalue weighted by molar-refractivity contribution is -0.138. The molecule has 2 atom stereocenters. The van der Waals surface area contributed by atoms with Crippen molar-refractivity contribution < 1.29 is 27.1 Å². The molecule has 2 aromatic rings. The van der Waals surface area contributed by atoms with Crippen molar-refractivity contribution in [3.8, 4) is 12.3 Å². The van der Waals surface area contributed by atoms with Gasteiger partial charge in [-0.3, -0.25) is 4.79 Å². The largest absolute Gasteiger partial charge is 0.418 e. The first-order valence-electron chi connectivity index (χ1n) is 9.33. The van der Waals surface area contributed by atoms with Crippen molar-refractivity contribution in [2.45, 2.75) is 30.8 Å². The van der Waals surface area contributed by atoms with Crippen molar-refractivity contribution in [1.29, 1.82) is 0 Å². The Morgan fingerprint density at radius 1 is 1.26 bits per heavy atom. The van der Waals surface area contributed by atoms with Gasteiger partial charge in [-0.05, 0) is 17.7 Å². The van der Waals surface area contributed by atoms with Crippen LogP contribution in [-0.2, 0) is 23.1 Å². The van der Waals surface area contributed by atoms with Gasteiger partial charge in [0.2, 0.25) is 0 Å². The highest BCUT2D eigenvalue weighted by atomic mass is 19.4. The third-order valence-corrected chi connectivity index (χ3v) is 5.13. The summed E-state index contributed by atoms with van der Waals surface area (Å²) >= 11 is 0. The molecule has 0 saturated carbocycles. The molecule has 1 aliphatic carbocycles. The molecule has 0 radical (unpaired) electrons. The molecule has 0 bridgehead atoms. The predicted molar refractivity (Wildman–Crippen MR) is 108 cm³/mol. The molecule has 1 aliphatic rings. The summed E-state index contributed by atoms with van der Waals surface area (Å²) in [6.07, 6.45) is 9.73. The van der Waals surface area contributed by atoms with Crippen LogP contribution in [0.1, 0.15) is 27.9 Å². The minimum atomic E-state index is -4.72. The fourth-order valence-electron chi connectivity index (χ4n) is 3.69. The zero-order valence-electron chi connectivity index (χ0n) is 16.6. The van der Waals surface area contributed by atoms with Crippen LogP contribution in [0.5, 0.6) is 0 Å². The molecule has 1 amide bonds. The molecule has 3 rings (SSSR count). The van der Waals surface area contributed by atoms with Gasteiger partial charge in [-0.25, -0.2) is 4.39 Å². The summed E-state index contributed by atoms with van der Waals surface area (Å²) in [4.78, 5) is 12.9. The van der Waals surface area contributed by atoms with Crippen LogP contribution in [0.15, 0.2) is 61.0 Å². The molecule has 4 nitrogen and oxygen atoms in total. The summed E-state index contributed by atoms with van der Waals surface area (Å²) in [5, 5.41) is 2.67. The maximum absolute atomic E-state index is 13.5. The smallest absolute Gasteiger partial charge is 0.364 e. The highest BCUT2D eigenvalue weighted by molar-refractivity contribution is 5.96. The number of hydrogen-bond acceptors (Lipinski definition) is 2. The topological polar surface area (TPSA) is 43.3 Å². The molecule has 2 unspecified atom stereocenters. The van der Waals surface area contributed by atoms with Gasteiger partial charge in [0.15, 0.2) is 0 Å². The fourth-order valence-corrected chi connectivity index (χ4v) is 3.69. The third-order valence-electron chi connectivity index (χ3n) is 5.13. The van der Waals surface area contributed by atoms with Crippen LogP contribution in [0.2, 0.25) is 0 Å². The second kappa shape index (κ2) is 8.82. The number of nitrogens with one attached hydrogen (secondary N) is 1. The van der Waals surface area contributed by atoms with Crippen molar-refractivity contribution >= 4 is 5.91 Å². The number of ether oxygens (including phenoxy) is 1. The van der Waals surface area contributed by atoms with E-state index >= 15 is 0 Å². The number of methoxy groups -OCH3 is 1. The summed E-state index contributed by atoms with van der Waals surface area (Å²) < 4.78 is 59.9. The first kappa shape index (κ1) is 22.4. The van der Waals surface area contributed by atoms with Crippen LogP contribution < -0.4 is 5.32 Å². The molecule has 8 heteroatoms. The van der Waals surface area contributed by atoms with E-state index in [-0.39, 0.29) is 13.2 Å². The van der Waals surface area contributed by atoms with E-state index in [2.05, 4.69) is 11.2 Å². The normalized spacial score (nSPS) is 20.5. The van der Waals surface area contributed by atoms with Crippen LogP contribution in [0.4, 0.5) is 17.6 Å². The van der Waals surface area contributed by atoms with E-state index < -0.39 is 40.5 Å². The van der Waals surface area contributed by atoms with Gasteiger partial charge >= 0.3 is 6.18 Å². The molecule has 0 aliphatic heterocycles. The van der Waals surface area contributed by atoms with Gasteiger partial charge in [-0.1, -0.05) is 36.4 Å². The number of hydrogen-bond donors (Lipinski definition) is 1. The summed E-state index contributed by atoms with van der Waals surface area (Å²) in [5.74, 6) is 1.21. The van der Waals surface area contributed by atoms with Gasteiger partial charge in [-0.15, -0.1) is 12.3 Å². The van der Waals surface area contributed by atoms with E-state index in [9.17, 15) is 22.4 Å². The molecule has 1 heterocycles. The lowest BCUT2D eigenvalue weighted by atomic mass is 9.69. The average Bonchev–Trinajstić information content (AvgIpc) is 3.15. The quantitative estimate of drug-likeness (QED) is 0.542. The van der Waals surface area contributed by atoms with Crippen molar-refractivity contribution in [1.82, 2.24) is 9.88 Å². The van der Waals surface area contributed by atoms with E-state index in [1.807, 2.05) is 0 Å².